The quantitative estimate of drug-likeness (QED) is 0.384. The molecule has 3 heterocycles. The lowest BCUT2D eigenvalue weighted by atomic mass is 10.1. The fraction of sp³-hybridized carbons (Fsp3) is 0. The van der Waals surface area contributed by atoms with E-state index < -0.39 is 0 Å². The average Bonchev–Trinajstić information content (AvgIpc) is 2.45. The van der Waals surface area contributed by atoms with Gasteiger partial charge in [0, 0.05) is 23.0 Å². The monoisotopic (exact) mass is 247 g/mol. The van der Waals surface area contributed by atoms with Crippen molar-refractivity contribution >= 4 is 32.8 Å². The van der Waals surface area contributed by atoms with Crippen molar-refractivity contribution in [3.8, 4) is 0 Å². The van der Waals surface area contributed by atoms with E-state index in [0.717, 1.165) is 32.8 Å². The summed E-state index contributed by atoms with van der Waals surface area (Å²) in [5.41, 5.74) is 3.14. The first-order valence-corrected chi connectivity index (χ1v) is 5.99. The highest BCUT2D eigenvalue weighted by molar-refractivity contribution is 6.05. The molecule has 0 saturated carbocycles. The van der Waals surface area contributed by atoms with Gasteiger partial charge in [0.15, 0.2) is 0 Å². The number of nitrogens with one attached hydrogen (secondary N) is 1. The Morgan fingerprint density at radius 1 is 0.947 bits per heavy atom. The van der Waals surface area contributed by atoms with E-state index in [4.69, 9.17) is 0 Å². The second kappa shape index (κ2) is 3.62. The average molecular weight is 247 g/mol. The Bertz CT molecular complexity index is 989. The lowest BCUT2D eigenvalue weighted by molar-refractivity contribution is 1.30. The number of rotatable bonds is 0. The van der Waals surface area contributed by atoms with Crippen LogP contribution in [0, 0.1) is 0 Å². The predicted octanol–water partition coefficient (Wildman–Crippen LogP) is 2.62. The van der Waals surface area contributed by atoms with Gasteiger partial charge in [0.25, 0.3) is 0 Å². The largest absolute Gasteiger partial charge is 0.320 e. The molecule has 0 atom stereocenters. The van der Waals surface area contributed by atoms with Crippen LogP contribution in [0.25, 0.3) is 32.8 Å². The normalized spacial score (nSPS) is 11.4. The number of pyridine rings is 3. The number of hydrogen-bond acceptors (Lipinski definition) is 3. The summed E-state index contributed by atoms with van der Waals surface area (Å²) in [5.74, 6) is 0. The highest BCUT2D eigenvalue weighted by atomic mass is 16.1. The van der Waals surface area contributed by atoms with Crippen LogP contribution in [-0.2, 0) is 0 Å². The first kappa shape index (κ1) is 10.2. The van der Waals surface area contributed by atoms with Crippen molar-refractivity contribution in [2.45, 2.75) is 0 Å². The third-order valence-electron chi connectivity index (χ3n) is 3.24. The van der Waals surface area contributed by atoms with Gasteiger partial charge in [-0.05, 0) is 24.3 Å². The van der Waals surface area contributed by atoms with Gasteiger partial charge in [-0.15, -0.1) is 0 Å². The lowest BCUT2D eigenvalue weighted by Gasteiger charge is -2.04. The summed E-state index contributed by atoms with van der Waals surface area (Å²) in [6.45, 7) is 0. The molecule has 3 aromatic heterocycles. The molecule has 0 bridgehead atoms. The molecule has 0 saturated heterocycles. The van der Waals surface area contributed by atoms with E-state index in [0.29, 0.717) is 0 Å². The Kier molecular flexibility index (Phi) is 1.94. The smallest absolute Gasteiger partial charge is 0.248 e. The molecule has 0 radical (unpaired) electrons. The summed E-state index contributed by atoms with van der Waals surface area (Å²) < 4.78 is 0. The molecule has 4 heteroatoms. The maximum absolute atomic E-state index is 11.5. The summed E-state index contributed by atoms with van der Waals surface area (Å²) in [7, 11) is 0. The summed E-state index contributed by atoms with van der Waals surface area (Å²) in [6.07, 6.45) is 1.75. The SMILES string of the molecule is O=c1ccc2ccc3cc4ncccc4nc3c2[nH]1. The molecule has 0 aliphatic heterocycles. The number of hydrogen-bond donors (Lipinski definition) is 1. The van der Waals surface area contributed by atoms with Crippen LogP contribution in [0.4, 0.5) is 0 Å². The zero-order valence-corrected chi connectivity index (χ0v) is 9.92. The molecule has 0 aliphatic rings. The van der Waals surface area contributed by atoms with Crippen molar-refractivity contribution in [1.82, 2.24) is 15.0 Å². The molecule has 1 N–H and O–H groups in total. The van der Waals surface area contributed by atoms with Gasteiger partial charge in [-0.2, -0.15) is 0 Å². The van der Waals surface area contributed by atoms with Crippen molar-refractivity contribution in [3.05, 3.63) is 59.0 Å². The summed E-state index contributed by atoms with van der Waals surface area (Å²) in [5, 5.41) is 1.95. The second-order valence-electron chi connectivity index (χ2n) is 4.45. The molecule has 90 valence electrons. The van der Waals surface area contributed by atoms with Crippen molar-refractivity contribution < 1.29 is 0 Å². The summed E-state index contributed by atoms with van der Waals surface area (Å²) >= 11 is 0. The third kappa shape index (κ3) is 1.50. The van der Waals surface area contributed by atoms with Crippen LogP contribution in [0.1, 0.15) is 0 Å². The molecule has 4 rings (SSSR count). The first-order chi connectivity index (χ1) is 9.31. The Morgan fingerprint density at radius 3 is 2.74 bits per heavy atom. The van der Waals surface area contributed by atoms with Crippen molar-refractivity contribution in [2.75, 3.05) is 0 Å². The van der Waals surface area contributed by atoms with Crippen LogP contribution in [0.5, 0.6) is 0 Å². The predicted molar refractivity (Wildman–Crippen MR) is 75.2 cm³/mol. The van der Waals surface area contributed by atoms with Crippen molar-refractivity contribution in [1.29, 1.82) is 0 Å². The number of aromatic nitrogens is 3. The van der Waals surface area contributed by atoms with Gasteiger partial charge in [-0.25, -0.2) is 4.98 Å². The maximum Gasteiger partial charge on any atom is 0.248 e. The van der Waals surface area contributed by atoms with Crippen LogP contribution >= 0.6 is 0 Å². The lowest BCUT2D eigenvalue weighted by Crippen LogP contribution is -2.03. The van der Waals surface area contributed by atoms with Gasteiger partial charge in [0.05, 0.1) is 22.1 Å². The van der Waals surface area contributed by atoms with Gasteiger partial charge in [-0.1, -0.05) is 12.1 Å². The highest BCUT2D eigenvalue weighted by Crippen LogP contribution is 2.23. The minimum atomic E-state index is -0.118. The van der Waals surface area contributed by atoms with E-state index in [-0.39, 0.29) is 5.56 Å². The molecule has 4 nitrogen and oxygen atoms in total. The van der Waals surface area contributed by atoms with Crippen LogP contribution in [0.3, 0.4) is 0 Å². The molecular formula is C15H9N3O. The number of H-pyrrole nitrogens is 1. The topological polar surface area (TPSA) is 58.6 Å². The number of aromatic amines is 1. The van der Waals surface area contributed by atoms with Crippen LogP contribution < -0.4 is 5.56 Å². The number of nitrogens with zero attached hydrogens (tertiary/aromatic N) is 2. The Labute approximate surface area is 107 Å². The number of benzene rings is 1. The molecule has 0 fully saturated rings. The molecule has 0 unspecified atom stereocenters. The Hall–Kier alpha value is -2.75. The minimum Gasteiger partial charge on any atom is -0.320 e. The van der Waals surface area contributed by atoms with E-state index in [2.05, 4.69) is 15.0 Å². The summed E-state index contributed by atoms with van der Waals surface area (Å²) in [4.78, 5) is 23.3. The van der Waals surface area contributed by atoms with E-state index in [1.807, 2.05) is 36.4 Å². The second-order valence-corrected chi connectivity index (χ2v) is 4.45. The van der Waals surface area contributed by atoms with Gasteiger partial charge >= 0.3 is 0 Å². The molecule has 19 heavy (non-hydrogen) atoms. The first-order valence-electron chi connectivity index (χ1n) is 5.99. The molecule has 4 aromatic rings. The van der Waals surface area contributed by atoms with Crippen molar-refractivity contribution in [2.24, 2.45) is 0 Å². The van der Waals surface area contributed by atoms with Crippen LogP contribution in [-0.4, -0.2) is 15.0 Å². The fourth-order valence-electron chi connectivity index (χ4n) is 2.34. The number of fused-ring (bicyclic) bond motifs is 4. The van der Waals surface area contributed by atoms with Crippen LogP contribution in [0.15, 0.2) is 53.5 Å². The standard InChI is InChI=1S/C15H9N3O/c19-13-6-5-9-3-4-10-8-12-11(2-1-7-16-12)17-15(10)14(9)18-13/h1-8H,(H,18,19). The Balaban J connectivity index is 2.28. The zero-order chi connectivity index (χ0) is 12.8. The third-order valence-corrected chi connectivity index (χ3v) is 3.24. The molecular weight excluding hydrogens is 238 g/mol. The Morgan fingerprint density at radius 2 is 1.79 bits per heavy atom. The molecule has 0 aliphatic carbocycles. The molecule has 0 spiro atoms. The zero-order valence-electron chi connectivity index (χ0n) is 9.92. The van der Waals surface area contributed by atoms with Gasteiger partial charge in [-0.3, -0.25) is 9.78 Å². The highest BCUT2D eigenvalue weighted by Gasteiger charge is 2.05. The van der Waals surface area contributed by atoms with E-state index in [1.165, 1.54) is 6.07 Å². The van der Waals surface area contributed by atoms with E-state index >= 15 is 0 Å². The minimum absolute atomic E-state index is 0.118. The summed E-state index contributed by atoms with van der Waals surface area (Å²) in [6, 6.07) is 13.1. The molecule has 1 aromatic carbocycles. The van der Waals surface area contributed by atoms with Crippen LogP contribution in [0.2, 0.25) is 0 Å². The van der Waals surface area contributed by atoms with E-state index in [9.17, 15) is 4.79 Å². The van der Waals surface area contributed by atoms with Crippen molar-refractivity contribution in [3.63, 3.8) is 0 Å². The maximum atomic E-state index is 11.5. The van der Waals surface area contributed by atoms with Gasteiger partial charge in [0.1, 0.15) is 0 Å². The fourth-order valence-corrected chi connectivity index (χ4v) is 2.34. The van der Waals surface area contributed by atoms with E-state index in [1.54, 1.807) is 6.20 Å². The van der Waals surface area contributed by atoms with Gasteiger partial charge in [0.2, 0.25) is 5.56 Å². The molecule has 0 amide bonds. The van der Waals surface area contributed by atoms with Gasteiger partial charge < -0.3 is 4.98 Å².